The molecule has 0 saturated carbocycles. The van der Waals surface area contributed by atoms with E-state index in [-0.39, 0.29) is 0 Å². The molecule has 2 aliphatic rings. The molecule has 0 aliphatic heterocycles. The first-order chi connectivity index (χ1) is 20.1. The third-order valence-corrected chi connectivity index (χ3v) is 9.55. The topological polar surface area (TPSA) is 30.7 Å². The highest BCUT2D eigenvalue weighted by Crippen LogP contribution is 2.63. The molecule has 5 aromatic carbocycles. The number of hydrogen-bond acceptors (Lipinski definition) is 2. The molecular weight excluding hydrogens is 566 g/mol. The van der Waals surface area contributed by atoms with Crippen molar-refractivity contribution in [2.75, 3.05) is 0 Å². The highest BCUT2D eigenvalue weighted by Gasteiger charge is 2.52. The van der Waals surface area contributed by atoms with Crippen molar-refractivity contribution in [3.05, 3.63) is 147 Å². The molecular formula is C37H24BrN3. The molecule has 7 aromatic rings. The van der Waals surface area contributed by atoms with E-state index in [1.54, 1.807) is 6.33 Å². The summed E-state index contributed by atoms with van der Waals surface area (Å²) in [7, 11) is 0. The van der Waals surface area contributed by atoms with Crippen molar-refractivity contribution in [3.63, 3.8) is 0 Å². The standard InChI is InChI=1S/C37H24BrN3/c1-21-13-22(2)15-24(14-21)41-34-10-6-4-8-26(34)29-17-28-25-7-3-5-9-30(25)37(32(28)18-35(29)41)31-16-23(38)11-12-27(31)36-33(37)19-39-20-40-36/h3-20H,1-2H3. The number of aryl methyl sites for hydroxylation is 2. The monoisotopic (exact) mass is 589 g/mol. The Hall–Kier alpha value is -4.54. The highest BCUT2D eigenvalue weighted by atomic mass is 79.9. The van der Waals surface area contributed by atoms with E-state index in [2.05, 4.69) is 136 Å². The van der Waals surface area contributed by atoms with Gasteiger partial charge in [-0.1, -0.05) is 70.5 Å². The minimum absolute atomic E-state index is 0.500. The summed E-state index contributed by atoms with van der Waals surface area (Å²) in [4.78, 5) is 9.43. The van der Waals surface area contributed by atoms with Gasteiger partial charge in [-0.05, 0) is 95.3 Å². The Kier molecular flexibility index (Phi) is 4.54. The fourth-order valence-electron chi connectivity index (χ4n) is 7.67. The molecule has 2 aliphatic carbocycles. The van der Waals surface area contributed by atoms with Gasteiger partial charge < -0.3 is 4.57 Å². The molecule has 0 fully saturated rings. The molecule has 2 aromatic heterocycles. The molecule has 194 valence electrons. The zero-order chi connectivity index (χ0) is 27.5. The van der Waals surface area contributed by atoms with Gasteiger partial charge in [-0.25, -0.2) is 9.97 Å². The van der Waals surface area contributed by atoms with Gasteiger partial charge in [0.2, 0.25) is 0 Å². The lowest BCUT2D eigenvalue weighted by molar-refractivity contribution is 0.784. The van der Waals surface area contributed by atoms with Crippen LogP contribution >= 0.6 is 15.9 Å². The number of rotatable bonds is 1. The van der Waals surface area contributed by atoms with Gasteiger partial charge in [0.05, 0.1) is 22.1 Å². The molecule has 0 bridgehead atoms. The molecule has 3 nitrogen and oxygen atoms in total. The first-order valence-corrected chi connectivity index (χ1v) is 14.7. The maximum Gasteiger partial charge on any atom is 0.116 e. The van der Waals surface area contributed by atoms with Crippen LogP contribution in [0.4, 0.5) is 0 Å². The van der Waals surface area contributed by atoms with Crippen molar-refractivity contribution < 1.29 is 0 Å². The number of halogens is 1. The van der Waals surface area contributed by atoms with Gasteiger partial charge in [0, 0.05) is 38.3 Å². The fraction of sp³-hybridized carbons (Fsp3) is 0.0811. The van der Waals surface area contributed by atoms with Crippen LogP contribution in [0.1, 0.15) is 33.4 Å². The maximum absolute atomic E-state index is 4.85. The van der Waals surface area contributed by atoms with Crippen molar-refractivity contribution in [2.45, 2.75) is 19.3 Å². The van der Waals surface area contributed by atoms with E-state index in [4.69, 9.17) is 4.98 Å². The van der Waals surface area contributed by atoms with E-state index in [0.29, 0.717) is 0 Å². The van der Waals surface area contributed by atoms with Crippen molar-refractivity contribution in [1.29, 1.82) is 0 Å². The Bertz CT molecular complexity index is 2240. The summed E-state index contributed by atoms with van der Waals surface area (Å²) >= 11 is 3.80. The minimum Gasteiger partial charge on any atom is -0.309 e. The van der Waals surface area contributed by atoms with Gasteiger partial charge in [-0.2, -0.15) is 0 Å². The molecule has 1 atom stereocenters. The summed E-state index contributed by atoms with van der Waals surface area (Å²) in [6.07, 6.45) is 3.71. The number of hydrogen-bond donors (Lipinski definition) is 0. The summed E-state index contributed by atoms with van der Waals surface area (Å²) in [6.45, 7) is 4.36. The van der Waals surface area contributed by atoms with Crippen LogP contribution in [0.15, 0.2) is 114 Å². The summed E-state index contributed by atoms with van der Waals surface area (Å²) < 4.78 is 3.51. The average molecular weight is 591 g/mol. The summed E-state index contributed by atoms with van der Waals surface area (Å²) in [5, 5.41) is 2.53. The molecule has 0 N–H and O–H groups in total. The lowest BCUT2D eigenvalue weighted by atomic mass is 9.71. The predicted molar refractivity (Wildman–Crippen MR) is 170 cm³/mol. The van der Waals surface area contributed by atoms with Gasteiger partial charge in [-0.15, -0.1) is 0 Å². The van der Waals surface area contributed by atoms with E-state index < -0.39 is 5.41 Å². The Balaban J connectivity index is 1.49. The molecule has 0 radical (unpaired) electrons. The zero-order valence-corrected chi connectivity index (χ0v) is 24.2. The Labute approximate surface area is 246 Å². The van der Waals surface area contributed by atoms with Crippen LogP contribution in [0.2, 0.25) is 0 Å². The molecule has 4 heteroatoms. The second-order valence-electron chi connectivity index (χ2n) is 11.4. The number of benzene rings is 5. The fourth-order valence-corrected chi connectivity index (χ4v) is 8.03. The van der Waals surface area contributed by atoms with E-state index in [0.717, 1.165) is 15.7 Å². The van der Waals surface area contributed by atoms with E-state index in [9.17, 15) is 0 Å². The van der Waals surface area contributed by atoms with Gasteiger partial charge in [0.15, 0.2) is 0 Å². The molecule has 1 unspecified atom stereocenters. The number of para-hydroxylation sites is 1. The Morgan fingerprint density at radius 3 is 2.29 bits per heavy atom. The Morgan fingerprint density at radius 1 is 0.634 bits per heavy atom. The van der Waals surface area contributed by atoms with Crippen LogP contribution in [0.3, 0.4) is 0 Å². The quantitative estimate of drug-likeness (QED) is 0.191. The zero-order valence-electron chi connectivity index (χ0n) is 22.6. The van der Waals surface area contributed by atoms with Crippen LogP contribution < -0.4 is 0 Å². The highest BCUT2D eigenvalue weighted by molar-refractivity contribution is 9.10. The van der Waals surface area contributed by atoms with Crippen LogP contribution in [-0.2, 0) is 5.41 Å². The number of aromatic nitrogens is 3. The van der Waals surface area contributed by atoms with Crippen molar-refractivity contribution in [1.82, 2.24) is 14.5 Å². The molecule has 2 heterocycles. The maximum atomic E-state index is 4.85. The predicted octanol–water partition coefficient (Wildman–Crippen LogP) is 9.30. The van der Waals surface area contributed by atoms with Crippen LogP contribution in [0.25, 0.3) is 49.9 Å². The van der Waals surface area contributed by atoms with E-state index in [1.165, 1.54) is 72.0 Å². The summed E-state index contributed by atoms with van der Waals surface area (Å²) in [5.74, 6) is 0. The first-order valence-electron chi connectivity index (χ1n) is 13.9. The van der Waals surface area contributed by atoms with Gasteiger partial charge in [-0.3, -0.25) is 0 Å². The van der Waals surface area contributed by atoms with Crippen LogP contribution in [0.5, 0.6) is 0 Å². The number of fused-ring (bicyclic) bond motifs is 13. The normalized spacial score (nSPS) is 16.3. The second kappa shape index (κ2) is 8.02. The van der Waals surface area contributed by atoms with E-state index in [1.807, 2.05) is 6.20 Å². The molecule has 9 rings (SSSR count). The molecule has 0 amide bonds. The SMILES string of the molecule is Cc1cc(C)cc(-n2c3ccccc3c3cc4c(cc32)C2(c3ccccc3-4)c3cc(Br)ccc3-c3ncncc32)c1. The summed E-state index contributed by atoms with van der Waals surface area (Å²) in [6, 6.07) is 36.0. The smallest absolute Gasteiger partial charge is 0.116 e. The largest absolute Gasteiger partial charge is 0.309 e. The van der Waals surface area contributed by atoms with Crippen LogP contribution in [-0.4, -0.2) is 14.5 Å². The van der Waals surface area contributed by atoms with Gasteiger partial charge in [0.1, 0.15) is 6.33 Å². The lowest BCUT2D eigenvalue weighted by Crippen LogP contribution is -2.26. The first kappa shape index (κ1) is 23.2. The average Bonchev–Trinajstić information content (AvgIpc) is 3.56. The Morgan fingerprint density at radius 2 is 1.41 bits per heavy atom. The van der Waals surface area contributed by atoms with E-state index >= 15 is 0 Å². The third kappa shape index (κ3) is 2.88. The summed E-state index contributed by atoms with van der Waals surface area (Å²) in [5.41, 5.74) is 15.3. The third-order valence-electron chi connectivity index (χ3n) is 9.06. The van der Waals surface area contributed by atoms with Crippen molar-refractivity contribution in [3.8, 4) is 28.1 Å². The number of nitrogens with zero attached hydrogens (tertiary/aromatic N) is 3. The van der Waals surface area contributed by atoms with Gasteiger partial charge in [0.25, 0.3) is 0 Å². The molecule has 41 heavy (non-hydrogen) atoms. The van der Waals surface area contributed by atoms with Crippen molar-refractivity contribution >= 4 is 37.7 Å². The molecule has 1 spiro atoms. The van der Waals surface area contributed by atoms with Crippen LogP contribution in [0, 0.1) is 13.8 Å². The lowest BCUT2D eigenvalue weighted by Gasteiger charge is -2.30. The molecule has 0 saturated heterocycles. The second-order valence-corrected chi connectivity index (χ2v) is 12.3. The van der Waals surface area contributed by atoms with Crippen molar-refractivity contribution in [2.24, 2.45) is 0 Å². The minimum atomic E-state index is -0.500. The van der Waals surface area contributed by atoms with Gasteiger partial charge >= 0.3 is 0 Å².